The zero-order chi connectivity index (χ0) is 15.5. The quantitative estimate of drug-likeness (QED) is 0.431. The second-order valence-corrected chi connectivity index (χ2v) is 5.32. The number of carbonyl (C=O) groups excluding carboxylic acids is 3. The molecular weight excluding hydrogens is 264 g/mol. The molecule has 0 N–H and O–H groups in total. The van der Waals surface area contributed by atoms with Crippen molar-refractivity contribution in [3.63, 3.8) is 0 Å². The predicted octanol–water partition coefficient (Wildman–Crippen LogP) is 1.32. The lowest BCUT2D eigenvalue weighted by molar-refractivity contribution is -0.169. The van der Waals surface area contributed by atoms with Crippen LogP contribution in [-0.2, 0) is 28.6 Å². The molecule has 1 aliphatic rings. The molecule has 0 radical (unpaired) electrons. The van der Waals surface area contributed by atoms with Crippen LogP contribution in [0.5, 0.6) is 0 Å². The van der Waals surface area contributed by atoms with Crippen molar-refractivity contribution < 1.29 is 28.6 Å². The van der Waals surface area contributed by atoms with Crippen LogP contribution >= 0.6 is 0 Å². The molecule has 0 amide bonds. The predicted molar refractivity (Wildman–Crippen MR) is 69.6 cm³/mol. The highest BCUT2D eigenvalue weighted by molar-refractivity contribution is 5.99. The fourth-order valence-electron chi connectivity index (χ4n) is 2.34. The fourth-order valence-corrected chi connectivity index (χ4v) is 2.34. The van der Waals surface area contributed by atoms with Gasteiger partial charge >= 0.3 is 17.9 Å². The first-order valence-electron chi connectivity index (χ1n) is 6.82. The van der Waals surface area contributed by atoms with Gasteiger partial charge in [0.05, 0.1) is 19.1 Å². The second kappa shape index (κ2) is 6.24. The van der Waals surface area contributed by atoms with Crippen molar-refractivity contribution in [3.05, 3.63) is 0 Å². The largest absolute Gasteiger partial charge is 0.465 e. The molecule has 1 heterocycles. The Labute approximate surface area is 118 Å². The van der Waals surface area contributed by atoms with E-state index in [1.807, 2.05) is 0 Å². The molecule has 0 aromatic carbocycles. The Balaban J connectivity index is 3.07. The molecule has 2 unspecified atom stereocenters. The van der Waals surface area contributed by atoms with E-state index in [0.717, 1.165) is 0 Å². The number of cyclic esters (lactones) is 1. The van der Waals surface area contributed by atoms with Gasteiger partial charge < -0.3 is 14.2 Å². The van der Waals surface area contributed by atoms with Gasteiger partial charge in [0.1, 0.15) is 5.60 Å². The minimum atomic E-state index is -1.26. The maximum Gasteiger partial charge on any atom is 0.321 e. The Morgan fingerprint density at radius 1 is 1.20 bits per heavy atom. The van der Waals surface area contributed by atoms with Gasteiger partial charge in [-0.3, -0.25) is 14.4 Å². The van der Waals surface area contributed by atoms with E-state index in [-0.39, 0.29) is 19.1 Å². The van der Waals surface area contributed by atoms with Gasteiger partial charge in [-0.15, -0.1) is 0 Å². The van der Waals surface area contributed by atoms with Gasteiger partial charge in [0.25, 0.3) is 0 Å². The minimum Gasteiger partial charge on any atom is -0.465 e. The van der Waals surface area contributed by atoms with E-state index < -0.39 is 35.3 Å². The maximum absolute atomic E-state index is 12.0. The number of ether oxygens (including phenoxy) is 3. The Hall–Kier alpha value is -1.59. The lowest BCUT2D eigenvalue weighted by atomic mass is 9.77. The summed E-state index contributed by atoms with van der Waals surface area (Å²) < 4.78 is 15.1. The molecule has 6 nitrogen and oxygen atoms in total. The third kappa shape index (κ3) is 3.11. The molecule has 1 saturated heterocycles. The number of rotatable bonds is 5. The number of hydrogen-bond acceptors (Lipinski definition) is 6. The summed E-state index contributed by atoms with van der Waals surface area (Å²) >= 11 is 0. The van der Waals surface area contributed by atoms with Gasteiger partial charge in [-0.25, -0.2) is 0 Å². The topological polar surface area (TPSA) is 78.9 Å². The fraction of sp³-hybridized carbons (Fsp3) is 0.786. The highest BCUT2D eigenvalue weighted by atomic mass is 16.6. The molecule has 0 aromatic heterocycles. The molecule has 0 aliphatic carbocycles. The molecule has 6 heteroatoms. The van der Waals surface area contributed by atoms with Crippen LogP contribution < -0.4 is 0 Å². The first kappa shape index (κ1) is 16.5. The van der Waals surface area contributed by atoms with Crippen LogP contribution in [-0.4, -0.2) is 36.7 Å². The van der Waals surface area contributed by atoms with Crippen LogP contribution in [0.15, 0.2) is 0 Å². The molecule has 2 atom stereocenters. The average molecular weight is 286 g/mol. The summed E-state index contributed by atoms with van der Waals surface area (Å²) in [6, 6.07) is 0. The Morgan fingerprint density at radius 2 is 1.65 bits per heavy atom. The van der Waals surface area contributed by atoms with E-state index in [1.54, 1.807) is 34.6 Å². The minimum absolute atomic E-state index is 0.133. The standard InChI is InChI=1S/C14H22O6/c1-6-18-11(15)10(12(16)19-7-2)9-8(3)14(4,5)20-13(9)17/h8-10H,6-7H2,1-5H3. The molecular formula is C14H22O6. The van der Waals surface area contributed by atoms with Gasteiger partial charge in [0.2, 0.25) is 0 Å². The molecule has 114 valence electrons. The summed E-state index contributed by atoms with van der Waals surface area (Å²) in [4.78, 5) is 36.1. The van der Waals surface area contributed by atoms with Crippen molar-refractivity contribution in [2.45, 2.75) is 40.2 Å². The molecule has 0 spiro atoms. The Kier molecular flexibility index (Phi) is 5.14. The van der Waals surface area contributed by atoms with Gasteiger partial charge in [-0.1, -0.05) is 6.92 Å². The van der Waals surface area contributed by atoms with E-state index in [4.69, 9.17) is 14.2 Å². The Bertz CT molecular complexity index is 382. The SMILES string of the molecule is CCOC(=O)C(C(=O)OCC)C1C(=O)OC(C)(C)C1C. The van der Waals surface area contributed by atoms with Gasteiger partial charge in [0, 0.05) is 5.92 Å². The summed E-state index contributed by atoms with van der Waals surface area (Å²) in [6.45, 7) is 8.83. The highest BCUT2D eigenvalue weighted by Gasteiger charge is 2.55. The van der Waals surface area contributed by atoms with E-state index in [0.29, 0.717) is 0 Å². The lowest BCUT2D eigenvalue weighted by Crippen LogP contribution is -2.40. The lowest BCUT2D eigenvalue weighted by Gasteiger charge is -2.25. The highest BCUT2D eigenvalue weighted by Crippen LogP contribution is 2.41. The van der Waals surface area contributed by atoms with Crippen molar-refractivity contribution in [2.75, 3.05) is 13.2 Å². The molecule has 20 heavy (non-hydrogen) atoms. The van der Waals surface area contributed by atoms with E-state index in [1.165, 1.54) is 0 Å². The van der Waals surface area contributed by atoms with Gasteiger partial charge in [-0.05, 0) is 27.7 Å². The summed E-state index contributed by atoms with van der Waals surface area (Å²) in [5.41, 5.74) is -0.723. The Morgan fingerprint density at radius 3 is 1.95 bits per heavy atom. The first-order chi connectivity index (χ1) is 9.26. The van der Waals surface area contributed by atoms with Crippen molar-refractivity contribution >= 4 is 17.9 Å². The number of esters is 3. The maximum atomic E-state index is 12.0. The van der Waals surface area contributed by atoms with Gasteiger partial charge in [0.15, 0.2) is 5.92 Å². The molecule has 1 aliphatic heterocycles. The van der Waals surface area contributed by atoms with E-state index in [2.05, 4.69) is 0 Å². The zero-order valence-corrected chi connectivity index (χ0v) is 12.6. The van der Waals surface area contributed by atoms with Gasteiger partial charge in [-0.2, -0.15) is 0 Å². The van der Waals surface area contributed by atoms with E-state index in [9.17, 15) is 14.4 Å². The smallest absolute Gasteiger partial charge is 0.321 e. The monoisotopic (exact) mass is 286 g/mol. The summed E-state index contributed by atoms with van der Waals surface area (Å²) in [5.74, 6) is -4.47. The molecule has 1 fully saturated rings. The van der Waals surface area contributed by atoms with Crippen molar-refractivity contribution in [3.8, 4) is 0 Å². The van der Waals surface area contributed by atoms with Crippen LogP contribution in [0.25, 0.3) is 0 Å². The number of hydrogen-bond donors (Lipinski definition) is 0. The van der Waals surface area contributed by atoms with Crippen molar-refractivity contribution in [2.24, 2.45) is 17.8 Å². The van der Waals surface area contributed by atoms with Crippen LogP contribution in [0, 0.1) is 17.8 Å². The third-order valence-corrected chi connectivity index (χ3v) is 3.71. The molecule has 0 saturated carbocycles. The molecule has 1 rings (SSSR count). The van der Waals surface area contributed by atoms with Crippen molar-refractivity contribution in [1.29, 1.82) is 0 Å². The first-order valence-corrected chi connectivity index (χ1v) is 6.82. The second-order valence-electron chi connectivity index (χ2n) is 5.32. The van der Waals surface area contributed by atoms with Crippen LogP contribution in [0.4, 0.5) is 0 Å². The van der Waals surface area contributed by atoms with E-state index >= 15 is 0 Å². The number of carbonyl (C=O) groups is 3. The average Bonchev–Trinajstić information content (AvgIpc) is 2.52. The normalized spacial score (nSPS) is 24.4. The third-order valence-electron chi connectivity index (χ3n) is 3.71. The summed E-state index contributed by atoms with van der Waals surface area (Å²) in [6.07, 6.45) is 0. The molecule has 0 bridgehead atoms. The van der Waals surface area contributed by atoms with Crippen molar-refractivity contribution in [1.82, 2.24) is 0 Å². The van der Waals surface area contributed by atoms with Crippen LogP contribution in [0.1, 0.15) is 34.6 Å². The summed E-state index contributed by atoms with van der Waals surface area (Å²) in [7, 11) is 0. The van der Waals surface area contributed by atoms with Crippen LogP contribution in [0.2, 0.25) is 0 Å². The zero-order valence-electron chi connectivity index (χ0n) is 12.6. The molecule has 0 aromatic rings. The van der Waals surface area contributed by atoms with Crippen LogP contribution in [0.3, 0.4) is 0 Å². The summed E-state index contributed by atoms with van der Waals surface area (Å²) in [5, 5.41) is 0.